The highest BCUT2D eigenvalue weighted by molar-refractivity contribution is 7.07. The molecule has 1 fully saturated rings. The van der Waals surface area contributed by atoms with Crippen molar-refractivity contribution < 1.29 is 4.74 Å². The van der Waals surface area contributed by atoms with E-state index < -0.39 is 0 Å². The summed E-state index contributed by atoms with van der Waals surface area (Å²) in [5, 5.41) is 7.81. The molecule has 1 N–H and O–H groups in total. The number of ether oxygens (including phenoxy) is 1. The van der Waals surface area contributed by atoms with Gasteiger partial charge in [-0.05, 0) is 61.5 Å². The third-order valence-electron chi connectivity index (χ3n) is 3.36. The van der Waals surface area contributed by atoms with Gasteiger partial charge in [0.05, 0.1) is 6.10 Å². The van der Waals surface area contributed by atoms with Crippen LogP contribution in [0.2, 0.25) is 0 Å². The molecule has 16 heavy (non-hydrogen) atoms. The molecule has 90 valence electrons. The van der Waals surface area contributed by atoms with Gasteiger partial charge in [0.15, 0.2) is 0 Å². The minimum atomic E-state index is 0.428. The number of nitrogens with one attached hydrogen (secondary N) is 1. The Balaban J connectivity index is 1.80. The smallest absolute Gasteiger partial charge is 0.0728 e. The maximum atomic E-state index is 5.84. The first kappa shape index (κ1) is 12.1. The SMILES string of the molecule is CNC(CCc1ccsc1)C1CCCCO1. The molecule has 1 aliphatic rings. The van der Waals surface area contributed by atoms with Crippen molar-refractivity contribution in [3.05, 3.63) is 22.4 Å². The zero-order chi connectivity index (χ0) is 11.2. The maximum absolute atomic E-state index is 5.84. The Morgan fingerprint density at radius 1 is 1.56 bits per heavy atom. The van der Waals surface area contributed by atoms with Gasteiger partial charge in [-0.25, -0.2) is 0 Å². The molecule has 1 aromatic rings. The largest absolute Gasteiger partial charge is 0.377 e. The molecule has 3 heteroatoms. The van der Waals surface area contributed by atoms with Gasteiger partial charge in [0, 0.05) is 12.6 Å². The van der Waals surface area contributed by atoms with Gasteiger partial charge >= 0.3 is 0 Å². The molecule has 0 aromatic carbocycles. The number of thiophene rings is 1. The van der Waals surface area contributed by atoms with Crippen molar-refractivity contribution in [2.45, 2.75) is 44.2 Å². The fourth-order valence-corrected chi connectivity index (χ4v) is 3.06. The van der Waals surface area contributed by atoms with Crippen LogP contribution < -0.4 is 5.32 Å². The summed E-state index contributed by atoms with van der Waals surface area (Å²) >= 11 is 1.78. The van der Waals surface area contributed by atoms with Gasteiger partial charge in [0.2, 0.25) is 0 Å². The fourth-order valence-electron chi connectivity index (χ4n) is 2.36. The third-order valence-corrected chi connectivity index (χ3v) is 4.09. The Morgan fingerprint density at radius 3 is 3.12 bits per heavy atom. The Morgan fingerprint density at radius 2 is 2.50 bits per heavy atom. The van der Waals surface area contributed by atoms with Crippen molar-refractivity contribution in [1.82, 2.24) is 5.32 Å². The second kappa shape index (κ2) is 6.38. The van der Waals surface area contributed by atoms with E-state index in [2.05, 4.69) is 29.2 Å². The molecule has 2 atom stereocenters. The van der Waals surface area contributed by atoms with Gasteiger partial charge in [0.25, 0.3) is 0 Å². The van der Waals surface area contributed by atoms with Gasteiger partial charge in [-0.15, -0.1) is 0 Å². The van der Waals surface area contributed by atoms with E-state index >= 15 is 0 Å². The van der Waals surface area contributed by atoms with Crippen LogP contribution >= 0.6 is 11.3 Å². The number of hydrogen-bond donors (Lipinski definition) is 1. The number of hydrogen-bond acceptors (Lipinski definition) is 3. The van der Waals surface area contributed by atoms with E-state index in [0.29, 0.717) is 12.1 Å². The number of aryl methyl sites for hydroxylation is 1. The molecule has 0 saturated carbocycles. The quantitative estimate of drug-likeness (QED) is 0.853. The molecule has 1 aromatic heterocycles. The topological polar surface area (TPSA) is 21.3 Å². The Labute approximate surface area is 102 Å². The summed E-state index contributed by atoms with van der Waals surface area (Å²) in [5.41, 5.74) is 1.46. The zero-order valence-corrected chi connectivity index (χ0v) is 10.8. The predicted molar refractivity (Wildman–Crippen MR) is 69.1 cm³/mol. The molecule has 0 spiro atoms. The minimum Gasteiger partial charge on any atom is -0.377 e. The van der Waals surface area contributed by atoms with Crippen LogP contribution in [-0.2, 0) is 11.2 Å². The Kier molecular flexibility index (Phi) is 4.82. The van der Waals surface area contributed by atoms with Crippen molar-refractivity contribution in [3.63, 3.8) is 0 Å². The molecular weight excluding hydrogens is 218 g/mol. The van der Waals surface area contributed by atoms with Gasteiger partial charge in [-0.1, -0.05) is 0 Å². The van der Waals surface area contributed by atoms with Crippen LogP contribution in [0.15, 0.2) is 16.8 Å². The molecular formula is C13H21NOS. The molecule has 2 heterocycles. The second-order valence-corrected chi connectivity index (χ2v) is 5.25. The van der Waals surface area contributed by atoms with Crippen molar-refractivity contribution in [3.8, 4) is 0 Å². The van der Waals surface area contributed by atoms with E-state index in [1.54, 1.807) is 11.3 Å². The molecule has 0 aliphatic carbocycles. The average Bonchev–Trinajstić information content (AvgIpc) is 2.84. The highest BCUT2D eigenvalue weighted by Crippen LogP contribution is 2.19. The van der Waals surface area contributed by atoms with E-state index in [0.717, 1.165) is 13.0 Å². The number of rotatable bonds is 5. The first-order valence-corrected chi connectivity index (χ1v) is 7.14. The molecule has 0 bridgehead atoms. The second-order valence-electron chi connectivity index (χ2n) is 4.47. The molecule has 1 saturated heterocycles. The van der Waals surface area contributed by atoms with Crippen LogP contribution in [0.25, 0.3) is 0 Å². The van der Waals surface area contributed by atoms with E-state index in [-0.39, 0.29) is 0 Å². The van der Waals surface area contributed by atoms with Crippen LogP contribution in [-0.4, -0.2) is 25.8 Å². The molecule has 1 aliphatic heterocycles. The summed E-state index contributed by atoms with van der Waals surface area (Å²) in [5.74, 6) is 0. The highest BCUT2D eigenvalue weighted by Gasteiger charge is 2.22. The standard InChI is InChI=1S/C13H21NOS/c1-14-12(13-4-2-3-8-15-13)6-5-11-7-9-16-10-11/h7,9-10,12-14H,2-6,8H2,1H3. The lowest BCUT2D eigenvalue weighted by molar-refractivity contribution is -0.00759. The maximum Gasteiger partial charge on any atom is 0.0728 e. The number of likely N-dealkylation sites (N-methyl/N-ethyl adjacent to an activating group) is 1. The van der Waals surface area contributed by atoms with Gasteiger partial charge < -0.3 is 10.1 Å². The Bertz CT molecular complexity index is 280. The summed E-state index contributed by atoms with van der Waals surface area (Å²) < 4.78 is 5.84. The highest BCUT2D eigenvalue weighted by atomic mass is 32.1. The Hall–Kier alpha value is -0.380. The van der Waals surface area contributed by atoms with Crippen molar-refractivity contribution in [2.24, 2.45) is 0 Å². The summed E-state index contributed by atoms with van der Waals surface area (Å²) in [6.45, 7) is 0.946. The van der Waals surface area contributed by atoms with Crippen molar-refractivity contribution in [1.29, 1.82) is 0 Å². The van der Waals surface area contributed by atoms with E-state index in [1.807, 2.05) is 0 Å². The summed E-state index contributed by atoms with van der Waals surface area (Å²) in [7, 11) is 2.05. The lowest BCUT2D eigenvalue weighted by atomic mass is 9.97. The minimum absolute atomic E-state index is 0.428. The molecule has 2 rings (SSSR count). The zero-order valence-electron chi connectivity index (χ0n) is 9.95. The normalized spacial score (nSPS) is 23.2. The van der Waals surface area contributed by atoms with Crippen molar-refractivity contribution >= 4 is 11.3 Å². The summed E-state index contributed by atoms with van der Waals surface area (Å²) in [6, 6.07) is 2.74. The van der Waals surface area contributed by atoms with Crippen LogP contribution in [0.1, 0.15) is 31.2 Å². The van der Waals surface area contributed by atoms with Crippen LogP contribution in [0.4, 0.5) is 0 Å². The van der Waals surface area contributed by atoms with E-state index in [9.17, 15) is 0 Å². The average molecular weight is 239 g/mol. The van der Waals surface area contributed by atoms with Crippen molar-refractivity contribution in [2.75, 3.05) is 13.7 Å². The summed E-state index contributed by atoms with van der Waals surface area (Å²) in [4.78, 5) is 0. The first-order chi connectivity index (χ1) is 7.90. The third kappa shape index (κ3) is 3.30. The first-order valence-electron chi connectivity index (χ1n) is 6.20. The molecule has 0 amide bonds. The van der Waals surface area contributed by atoms with Crippen LogP contribution in [0.3, 0.4) is 0 Å². The van der Waals surface area contributed by atoms with Gasteiger partial charge in [0.1, 0.15) is 0 Å². The molecule has 2 unspecified atom stereocenters. The van der Waals surface area contributed by atoms with Crippen LogP contribution in [0, 0.1) is 0 Å². The van der Waals surface area contributed by atoms with Crippen LogP contribution in [0.5, 0.6) is 0 Å². The lowest BCUT2D eigenvalue weighted by Gasteiger charge is -2.30. The summed E-state index contributed by atoms with van der Waals surface area (Å²) in [6.07, 6.45) is 6.54. The monoisotopic (exact) mass is 239 g/mol. The van der Waals surface area contributed by atoms with Gasteiger partial charge in [-0.3, -0.25) is 0 Å². The lowest BCUT2D eigenvalue weighted by Crippen LogP contribution is -2.41. The molecule has 0 radical (unpaired) electrons. The van der Waals surface area contributed by atoms with E-state index in [4.69, 9.17) is 4.74 Å². The predicted octanol–water partition coefficient (Wildman–Crippen LogP) is 2.84. The van der Waals surface area contributed by atoms with Gasteiger partial charge in [-0.2, -0.15) is 11.3 Å². The molecule has 2 nitrogen and oxygen atoms in total. The van der Waals surface area contributed by atoms with E-state index in [1.165, 1.54) is 31.2 Å². The fraction of sp³-hybridized carbons (Fsp3) is 0.692.